The Morgan fingerprint density at radius 2 is 1.77 bits per heavy atom. The summed E-state index contributed by atoms with van der Waals surface area (Å²) in [5.74, 6) is 0. The molecule has 1 saturated heterocycles. The molecule has 0 spiro atoms. The maximum absolute atomic E-state index is 12.8. The number of hydrogen-bond acceptors (Lipinski definition) is 3. The van der Waals surface area contributed by atoms with Crippen molar-refractivity contribution in [2.75, 3.05) is 31.4 Å². The van der Waals surface area contributed by atoms with Crippen molar-refractivity contribution in [2.45, 2.75) is 45.6 Å². The predicted octanol–water partition coefficient (Wildman–Crippen LogP) is 3.59. The number of rotatable bonds is 7. The summed E-state index contributed by atoms with van der Waals surface area (Å²) >= 11 is 0. The molecule has 146 valence electrons. The largest absolute Gasteiger partial charge is 0.438 e. The lowest BCUT2D eigenvalue weighted by molar-refractivity contribution is 0.206. The molecule has 2 rings (SSSR count). The molecular formula is C18H30N3O4P. The van der Waals surface area contributed by atoms with Gasteiger partial charge in [-0.3, -0.25) is 4.90 Å². The summed E-state index contributed by atoms with van der Waals surface area (Å²) < 4.78 is 12.7. The maximum Gasteiger partial charge on any atom is 0.438 e. The van der Waals surface area contributed by atoms with Gasteiger partial charge in [-0.2, -0.15) is 4.67 Å². The first kappa shape index (κ1) is 20.9. The maximum atomic E-state index is 12.8. The third kappa shape index (κ3) is 4.86. The van der Waals surface area contributed by atoms with Crippen molar-refractivity contribution in [3.8, 4) is 0 Å². The molecule has 2 N–H and O–H groups in total. The van der Waals surface area contributed by atoms with Gasteiger partial charge in [-0.15, -0.1) is 0 Å². The summed E-state index contributed by atoms with van der Waals surface area (Å²) in [7, 11) is -2.70. The van der Waals surface area contributed by atoms with Crippen molar-refractivity contribution >= 4 is 19.5 Å². The van der Waals surface area contributed by atoms with Gasteiger partial charge < -0.3 is 14.7 Å². The van der Waals surface area contributed by atoms with Gasteiger partial charge in [0.05, 0.1) is 5.69 Å². The van der Waals surface area contributed by atoms with Crippen LogP contribution in [0.15, 0.2) is 24.3 Å². The Balaban J connectivity index is 2.29. The second kappa shape index (κ2) is 9.00. The monoisotopic (exact) mass is 383 g/mol. The van der Waals surface area contributed by atoms with E-state index in [0.29, 0.717) is 23.8 Å². The molecule has 0 radical (unpaired) electrons. The van der Waals surface area contributed by atoms with Crippen LogP contribution in [-0.4, -0.2) is 52.3 Å². The fraction of sp³-hybridized carbons (Fsp3) is 0.611. The molecule has 0 saturated carbocycles. The van der Waals surface area contributed by atoms with E-state index in [2.05, 4.69) is 11.9 Å². The van der Waals surface area contributed by atoms with Crippen LogP contribution in [-0.2, 0) is 4.57 Å². The van der Waals surface area contributed by atoms with Crippen molar-refractivity contribution in [3.05, 3.63) is 29.8 Å². The van der Waals surface area contributed by atoms with E-state index in [0.717, 1.165) is 37.8 Å². The first-order valence-electron chi connectivity index (χ1n) is 9.24. The Kier molecular flexibility index (Phi) is 7.24. The number of anilines is 1. The number of amides is 2. The molecule has 0 bridgehead atoms. The fourth-order valence-corrected chi connectivity index (χ4v) is 4.30. The molecule has 1 aliphatic rings. The lowest BCUT2D eigenvalue weighted by Gasteiger charge is -2.30. The molecule has 1 unspecified atom stereocenters. The minimum atomic E-state index is -4.78. The van der Waals surface area contributed by atoms with E-state index in [1.54, 1.807) is 12.1 Å². The Bertz CT molecular complexity index is 640. The topological polar surface area (TPSA) is 84.3 Å². The molecule has 1 atom stereocenters. The molecule has 7 nitrogen and oxygen atoms in total. The van der Waals surface area contributed by atoms with E-state index < -0.39 is 13.8 Å². The van der Waals surface area contributed by atoms with E-state index in [-0.39, 0.29) is 5.69 Å². The van der Waals surface area contributed by atoms with Crippen molar-refractivity contribution in [1.82, 2.24) is 9.80 Å². The molecule has 1 aromatic carbocycles. The highest BCUT2D eigenvalue weighted by Crippen LogP contribution is 2.45. The third-order valence-corrected chi connectivity index (χ3v) is 5.67. The Morgan fingerprint density at radius 1 is 1.19 bits per heavy atom. The molecule has 1 fully saturated rings. The molecule has 1 heterocycles. The van der Waals surface area contributed by atoms with Gasteiger partial charge in [0.15, 0.2) is 0 Å². The molecule has 8 heteroatoms. The van der Waals surface area contributed by atoms with E-state index >= 15 is 0 Å². The van der Waals surface area contributed by atoms with Gasteiger partial charge in [0.2, 0.25) is 0 Å². The van der Waals surface area contributed by atoms with Gasteiger partial charge in [-0.25, -0.2) is 9.36 Å². The fourth-order valence-electron chi connectivity index (χ4n) is 3.52. The van der Waals surface area contributed by atoms with Crippen LogP contribution in [0.3, 0.4) is 0 Å². The third-order valence-electron chi connectivity index (χ3n) is 4.74. The van der Waals surface area contributed by atoms with Gasteiger partial charge in [-0.05, 0) is 57.0 Å². The molecule has 2 amide bonds. The summed E-state index contributed by atoms with van der Waals surface area (Å²) in [6, 6.07) is 6.67. The number of carbonyl (C=O) groups excluding carboxylic acids is 1. The summed E-state index contributed by atoms with van der Waals surface area (Å²) in [5.41, 5.74) is 1.33. The minimum Gasteiger partial charge on any atom is -0.324 e. The lowest BCUT2D eigenvalue weighted by atomic mass is 10.0. The van der Waals surface area contributed by atoms with Crippen LogP contribution in [0, 0.1) is 0 Å². The Hall–Kier alpha value is -1.40. The van der Waals surface area contributed by atoms with Crippen LogP contribution in [0.2, 0.25) is 0 Å². The predicted molar refractivity (Wildman–Crippen MR) is 103 cm³/mol. The molecule has 1 aliphatic heterocycles. The first-order chi connectivity index (χ1) is 12.3. The Morgan fingerprint density at radius 3 is 2.19 bits per heavy atom. The van der Waals surface area contributed by atoms with E-state index in [4.69, 9.17) is 0 Å². The normalized spacial score (nSPS) is 18.1. The van der Waals surface area contributed by atoms with Gasteiger partial charge >= 0.3 is 13.8 Å². The van der Waals surface area contributed by atoms with Crippen molar-refractivity contribution < 1.29 is 19.1 Å². The van der Waals surface area contributed by atoms with Gasteiger partial charge in [0.25, 0.3) is 0 Å². The Labute approximate surface area is 155 Å². The summed E-state index contributed by atoms with van der Waals surface area (Å²) in [4.78, 5) is 36.2. The highest BCUT2D eigenvalue weighted by Gasteiger charge is 2.35. The quantitative estimate of drug-likeness (QED) is 0.703. The molecule has 0 aromatic heterocycles. The minimum absolute atomic E-state index is 0.227. The second-order valence-electron chi connectivity index (χ2n) is 6.82. The van der Waals surface area contributed by atoms with E-state index in [1.165, 1.54) is 4.90 Å². The lowest BCUT2D eigenvalue weighted by Crippen LogP contribution is -2.42. The van der Waals surface area contributed by atoms with Crippen LogP contribution in [0.25, 0.3) is 0 Å². The number of likely N-dealkylation sites (tertiary alicyclic amines) is 1. The highest BCUT2D eigenvalue weighted by atomic mass is 31.2. The zero-order valence-electron chi connectivity index (χ0n) is 15.8. The summed E-state index contributed by atoms with van der Waals surface area (Å²) in [6.07, 6.45) is 3.66. The van der Waals surface area contributed by atoms with Crippen molar-refractivity contribution in [2.24, 2.45) is 0 Å². The second-order valence-corrected chi connectivity index (χ2v) is 8.25. The van der Waals surface area contributed by atoms with Crippen LogP contribution in [0.4, 0.5) is 10.5 Å². The number of carbonyl (C=O) groups is 1. The zero-order chi connectivity index (χ0) is 19.3. The molecule has 1 aromatic rings. The number of benzene rings is 1. The van der Waals surface area contributed by atoms with Crippen LogP contribution < -0.4 is 4.67 Å². The van der Waals surface area contributed by atoms with Crippen LogP contribution in [0.1, 0.15) is 51.1 Å². The average Bonchev–Trinajstić information content (AvgIpc) is 3.00. The standard InChI is InChI=1S/C18H30N3O4P/c1-4-12-20(13-5-2)18(22)21(26(23,24)25)16-10-8-15(9-11-16)17-7-6-14-19(17)3/h8-11,17H,4-7,12-14H2,1-3H3,(H2,23,24,25). The number of hydrogen-bond donors (Lipinski definition) is 2. The zero-order valence-corrected chi connectivity index (χ0v) is 16.7. The number of nitrogens with zero attached hydrogens (tertiary/aromatic N) is 3. The smallest absolute Gasteiger partial charge is 0.324 e. The van der Waals surface area contributed by atoms with E-state index in [1.807, 2.05) is 26.0 Å². The van der Waals surface area contributed by atoms with Crippen LogP contribution >= 0.6 is 7.75 Å². The number of urea groups is 1. The van der Waals surface area contributed by atoms with Crippen molar-refractivity contribution in [1.29, 1.82) is 0 Å². The van der Waals surface area contributed by atoms with Gasteiger partial charge in [-0.1, -0.05) is 26.0 Å². The average molecular weight is 383 g/mol. The molecule has 0 aliphatic carbocycles. The van der Waals surface area contributed by atoms with Gasteiger partial charge in [0.1, 0.15) is 0 Å². The highest BCUT2D eigenvalue weighted by molar-refractivity contribution is 7.54. The summed E-state index contributed by atoms with van der Waals surface area (Å²) in [5, 5.41) is 0. The van der Waals surface area contributed by atoms with Crippen molar-refractivity contribution in [3.63, 3.8) is 0 Å². The SMILES string of the molecule is CCCN(CCC)C(=O)N(c1ccc(C2CCCN2C)cc1)P(=O)(O)O. The first-order valence-corrected chi connectivity index (χ1v) is 10.8. The molecular weight excluding hydrogens is 353 g/mol. The molecule has 26 heavy (non-hydrogen) atoms. The van der Waals surface area contributed by atoms with Crippen LogP contribution in [0.5, 0.6) is 0 Å². The summed E-state index contributed by atoms with van der Waals surface area (Å²) in [6.45, 7) is 5.85. The van der Waals surface area contributed by atoms with E-state index in [9.17, 15) is 19.1 Å². The van der Waals surface area contributed by atoms with Gasteiger partial charge in [0, 0.05) is 19.1 Å².